The van der Waals surface area contributed by atoms with Crippen LogP contribution in [0.5, 0.6) is 5.75 Å². The summed E-state index contributed by atoms with van der Waals surface area (Å²) in [7, 11) is 0. The van der Waals surface area contributed by atoms with E-state index in [0.717, 1.165) is 0 Å². The maximum Gasteiger partial charge on any atom is 0.335 e. The third-order valence-corrected chi connectivity index (χ3v) is 3.15. The molecule has 8 heteroatoms. The van der Waals surface area contributed by atoms with Crippen molar-refractivity contribution in [3.8, 4) is 5.75 Å². The van der Waals surface area contributed by atoms with Gasteiger partial charge in [0.15, 0.2) is 12.9 Å². The molecule has 0 saturated carbocycles. The number of carbonyl (C=O) groups excluding carboxylic acids is 1. The molecule has 0 saturated heterocycles. The van der Waals surface area contributed by atoms with Gasteiger partial charge in [0.05, 0.1) is 18.1 Å². The number of nitro groups is 1. The first-order valence-corrected chi connectivity index (χ1v) is 6.92. The molecule has 0 radical (unpaired) electrons. The van der Waals surface area contributed by atoms with Gasteiger partial charge in [-0.3, -0.25) is 10.1 Å². The molecule has 1 unspecified atom stereocenters. The van der Waals surface area contributed by atoms with Gasteiger partial charge in [-0.2, -0.15) is 0 Å². The van der Waals surface area contributed by atoms with E-state index in [4.69, 9.17) is 18.9 Å². The van der Waals surface area contributed by atoms with Gasteiger partial charge in [0.25, 0.3) is 5.69 Å². The fraction of sp³-hybridized carbons (Fsp3) is 0.400. The molecule has 1 heterocycles. The molecule has 0 bridgehead atoms. The predicted octanol–water partition coefficient (Wildman–Crippen LogP) is 2.10. The molecule has 1 aromatic rings. The van der Waals surface area contributed by atoms with Crippen LogP contribution in [0, 0.1) is 10.1 Å². The van der Waals surface area contributed by atoms with Crippen LogP contribution in [0.3, 0.4) is 0 Å². The zero-order valence-corrected chi connectivity index (χ0v) is 12.6. The number of carbonyl (C=O) groups is 1. The lowest BCUT2D eigenvalue weighted by Crippen LogP contribution is -2.23. The molecular weight excluding hydrogens is 306 g/mol. The van der Waals surface area contributed by atoms with E-state index in [9.17, 15) is 14.9 Å². The number of nitrogens with zero attached hydrogens (tertiary/aromatic N) is 1. The average molecular weight is 323 g/mol. The van der Waals surface area contributed by atoms with Crippen molar-refractivity contribution in [2.75, 3.05) is 13.4 Å². The van der Waals surface area contributed by atoms with Gasteiger partial charge in [0, 0.05) is 23.3 Å². The van der Waals surface area contributed by atoms with Crippen LogP contribution >= 0.6 is 0 Å². The smallest absolute Gasteiger partial charge is 0.335 e. The number of hydrogen-bond donors (Lipinski definition) is 0. The van der Waals surface area contributed by atoms with E-state index in [1.807, 2.05) is 0 Å². The van der Waals surface area contributed by atoms with Crippen LogP contribution in [-0.4, -0.2) is 30.4 Å². The monoisotopic (exact) mass is 323 g/mol. The molecule has 0 N–H and O–H groups in total. The van der Waals surface area contributed by atoms with Crippen molar-refractivity contribution >= 4 is 11.7 Å². The first kappa shape index (κ1) is 16.9. The Morgan fingerprint density at radius 1 is 1.57 bits per heavy atom. The Balaban J connectivity index is 2.12. The van der Waals surface area contributed by atoms with E-state index in [2.05, 4.69) is 6.58 Å². The van der Waals surface area contributed by atoms with Crippen molar-refractivity contribution in [1.82, 2.24) is 0 Å². The molecule has 0 amide bonds. The van der Waals surface area contributed by atoms with Gasteiger partial charge in [0.1, 0.15) is 12.4 Å². The fourth-order valence-corrected chi connectivity index (χ4v) is 2.04. The van der Waals surface area contributed by atoms with E-state index >= 15 is 0 Å². The van der Waals surface area contributed by atoms with Crippen molar-refractivity contribution < 1.29 is 28.7 Å². The molecule has 0 fully saturated rings. The third kappa shape index (κ3) is 4.27. The summed E-state index contributed by atoms with van der Waals surface area (Å²) in [4.78, 5) is 22.3. The number of nitro benzene ring substituents is 1. The van der Waals surface area contributed by atoms with Crippen molar-refractivity contribution in [2.45, 2.75) is 26.2 Å². The summed E-state index contributed by atoms with van der Waals surface area (Å²) in [6, 6.07) is 2.71. The van der Waals surface area contributed by atoms with Crippen LogP contribution in [0.4, 0.5) is 5.69 Å². The summed E-state index contributed by atoms with van der Waals surface area (Å²) in [5.41, 5.74) is 0.856. The topological polar surface area (TPSA) is 97.1 Å². The minimum Gasteiger partial charge on any atom is -0.467 e. The minimum absolute atomic E-state index is 0.0462. The van der Waals surface area contributed by atoms with Gasteiger partial charge in [-0.1, -0.05) is 6.08 Å². The lowest BCUT2D eigenvalue weighted by molar-refractivity contribution is -0.385. The van der Waals surface area contributed by atoms with Crippen molar-refractivity contribution in [2.24, 2.45) is 0 Å². The van der Waals surface area contributed by atoms with E-state index in [-0.39, 0.29) is 32.3 Å². The van der Waals surface area contributed by atoms with Crippen molar-refractivity contribution in [1.29, 1.82) is 0 Å². The number of non-ortho nitro benzene ring substituents is 1. The molecule has 0 aromatic heterocycles. The lowest BCUT2D eigenvalue weighted by Gasteiger charge is -2.20. The Bertz CT molecular complexity index is 614. The Kier molecular flexibility index (Phi) is 5.67. The molecule has 1 atom stereocenters. The summed E-state index contributed by atoms with van der Waals surface area (Å²) in [6.07, 6.45) is 0.765. The van der Waals surface area contributed by atoms with E-state index in [0.29, 0.717) is 16.9 Å². The van der Waals surface area contributed by atoms with Gasteiger partial charge in [-0.05, 0) is 6.92 Å². The standard InChI is InChI=1S/C15H17NO7/c1-3-4-21-10(2)15(17)22-8-12-6-13(16(18)19)5-11-7-20-9-23-14(11)12/h3,5-6,10H,1,4,7-9H2,2H3. The highest BCUT2D eigenvalue weighted by atomic mass is 16.7. The van der Waals surface area contributed by atoms with Gasteiger partial charge in [-0.25, -0.2) is 4.79 Å². The Morgan fingerprint density at radius 2 is 2.35 bits per heavy atom. The Morgan fingerprint density at radius 3 is 3.04 bits per heavy atom. The number of esters is 1. The number of hydrogen-bond acceptors (Lipinski definition) is 7. The van der Waals surface area contributed by atoms with Crippen molar-refractivity contribution in [3.05, 3.63) is 46.0 Å². The van der Waals surface area contributed by atoms with E-state index in [1.165, 1.54) is 18.2 Å². The summed E-state index contributed by atoms with van der Waals surface area (Å²) in [6.45, 7) is 5.37. The highest BCUT2D eigenvalue weighted by Gasteiger charge is 2.22. The minimum atomic E-state index is -0.758. The Labute approximate surface area is 132 Å². The van der Waals surface area contributed by atoms with E-state index < -0.39 is 17.0 Å². The second-order valence-electron chi connectivity index (χ2n) is 4.83. The summed E-state index contributed by atoms with van der Waals surface area (Å²) in [5.74, 6) is -0.117. The van der Waals surface area contributed by atoms with Crippen LogP contribution in [0.1, 0.15) is 18.1 Å². The SMILES string of the molecule is C=CCOC(C)C(=O)OCc1cc([N+](=O)[O-])cc2c1OCOC2. The molecule has 0 spiro atoms. The van der Waals surface area contributed by atoms with Gasteiger partial charge >= 0.3 is 5.97 Å². The summed E-state index contributed by atoms with van der Waals surface area (Å²) in [5, 5.41) is 11.0. The van der Waals surface area contributed by atoms with Gasteiger partial charge in [-0.15, -0.1) is 6.58 Å². The first-order chi connectivity index (χ1) is 11.0. The fourth-order valence-electron chi connectivity index (χ4n) is 2.04. The van der Waals surface area contributed by atoms with Crippen LogP contribution < -0.4 is 4.74 Å². The number of fused-ring (bicyclic) bond motifs is 1. The highest BCUT2D eigenvalue weighted by molar-refractivity contribution is 5.74. The second-order valence-corrected chi connectivity index (χ2v) is 4.83. The zero-order chi connectivity index (χ0) is 16.8. The maximum absolute atomic E-state index is 11.8. The van der Waals surface area contributed by atoms with Gasteiger partial charge < -0.3 is 18.9 Å². The van der Waals surface area contributed by atoms with Crippen LogP contribution in [-0.2, 0) is 32.2 Å². The zero-order valence-electron chi connectivity index (χ0n) is 12.6. The quantitative estimate of drug-likeness (QED) is 0.328. The number of ether oxygens (including phenoxy) is 4. The largest absolute Gasteiger partial charge is 0.467 e. The molecule has 1 aliphatic heterocycles. The maximum atomic E-state index is 11.8. The molecular formula is C15H17NO7. The molecule has 1 aromatic carbocycles. The van der Waals surface area contributed by atoms with Crippen molar-refractivity contribution in [3.63, 3.8) is 0 Å². The average Bonchev–Trinajstić information content (AvgIpc) is 2.56. The number of benzene rings is 1. The van der Waals surface area contributed by atoms with Crippen LogP contribution in [0.15, 0.2) is 24.8 Å². The lowest BCUT2D eigenvalue weighted by atomic mass is 10.1. The molecule has 23 heavy (non-hydrogen) atoms. The molecule has 124 valence electrons. The molecule has 8 nitrogen and oxygen atoms in total. The Hall–Kier alpha value is -2.45. The predicted molar refractivity (Wildman–Crippen MR) is 78.8 cm³/mol. The van der Waals surface area contributed by atoms with Crippen LogP contribution in [0.25, 0.3) is 0 Å². The second kappa shape index (κ2) is 7.70. The normalized spacial score (nSPS) is 14.3. The molecule has 2 rings (SSSR count). The number of rotatable bonds is 7. The highest BCUT2D eigenvalue weighted by Crippen LogP contribution is 2.33. The first-order valence-electron chi connectivity index (χ1n) is 6.92. The third-order valence-electron chi connectivity index (χ3n) is 3.15. The summed E-state index contributed by atoms with van der Waals surface area (Å²) >= 11 is 0. The molecule has 0 aliphatic carbocycles. The summed E-state index contributed by atoms with van der Waals surface area (Å²) < 4.78 is 20.8. The molecule has 1 aliphatic rings. The van der Waals surface area contributed by atoms with Gasteiger partial charge in [0.2, 0.25) is 0 Å². The van der Waals surface area contributed by atoms with E-state index in [1.54, 1.807) is 6.92 Å². The van der Waals surface area contributed by atoms with Crippen LogP contribution in [0.2, 0.25) is 0 Å².